The highest BCUT2D eigenvalue weighted by Crippen LogP contribution is 2.21. The summed E-state index contributed by atoms with van der Waals surface area (Å²) in [6.07, 6.45) is 3.58. The highest BCUT2D eigenvalue weighted by Gasteiger charge is 2.40. The van der Waals surface area contributed by atoms with Crippen molar-refractivity contribution >= 4 is 141 Å². The largest absolute Gasteiger partial charge is 0.370 e. The molecule has 20 amide bonds. The summed E-state index contributed by atoms with van der Waals surface area (Å²) in [4.78, 5) is 282. The normalized spacial score (nSPS) is 18.6. The summed E-state index contributed by atoms with van der Waals surface area (Å²) < 4.78 is 0. The van der Waals surface area contributed by atoms with Gasteiger partial charge in [-0.1, -0.05) is 59.7 Å². The van der Waals surface area contributed by atoms with Crippen LogP contribution in [-0.2, 0) is 109 Å². The number of hydrogen-bond donors (Lipinski definition) is 29. The van der Waals surface area contributed by atoms with Gasteiger partial charge < -0.3 is 145 Å². The van der Waals surface area contributed by atoms with Gasteiger partial charge in [0, 0.05) is 140 Å². The molecule has 0 radical (unpaired) electrons. The van der Waals surface area contributed by atoms with E-state index in [2.05, 4.69) is 132 Å². The van der Waals surface area contributed by atoms with Gasteiger partial charge in [0.05, 0.1) is 37.2 Å². The quantitative estimate of drug-likeness (QED) is 0.0233. The minimum absolute atomic E-state index is 0.00774. The van der Waals surface area contributed by atoms with Crippen molar-refractivity contribution in [3.05, 3.63) is 54.2 Å². The number of primary amides is 4. The molecule has 772 valence electrons. The van der Waals surface area contributed by atoms with Crippen LogP contribution >= 0.6 is 11.8 Å². The Morgan fingerprint density at radius 1 is 0.475 bits per heavy atom. The standard InChI is InChI=1S/C88H144N30O20S/c1-48(2)34-61(114-78(130)57(111-80(132)59(19-22-66(89)119)112-79(131)58-21-24-70(123)107-58)16-11-12-26-99-69(122)17-13-18-71(124)118-88-45-96-29-27-94-43-87(93,104-31-32-105-88)44-95-28-30-97-46-88)77(129)101-41-72(125)109-65(38-68(91)121)85(137)113-60(20-23-67(90)120)81(133)116-63(36-52-39-100-55-15-10-9-14-54(52)55)82(134)106-51(7)76(128)117-74(50(5)6)86(138)102-42-73(126)108-64(37-53-40-98-47-103-53)84(136)115-62(35-49(3)4)83(135)110-56(75(92)127)25-33-139-8/h9-10,14-15,39-40,47-51,56-65,74,94-97,100,104-105H,11-13,16-38,41-46,93H2,1-8H3,(H2,89,119)(H2,90,120)(H2,91,121)(H2,92,127)(H,98,103)(H,99,122)(H,101,129)(H,102,138)(H,106,134)(H,107,123)(H,108,126)(H,109,125)(H,110,135)(H,111,132)(H,112,131)(H,113,137)(H,114,130)(H,115,136)(H,116,133)(H,117,128)(H,118,124)/t51-,56-,57-,58-,59-,60-,61-,62-,63-,64-,65-,74-,87?,88?/m0/s1. The number of unbranched alkanes of at least 4 members (excludes halogenated alkanes) is 1. The predicted molar refractivity (Wildman–Crippen MR) is 511 cm³/mol. The van der Waals surface area contributed by atoms with Crippen LogP contribution in [0.15, 0.2) is 43.0 Å². The summed E-state index contributed by atoms with van der Waals surface area (Å²) in [7, 11) is 0. The highest BCUT2D eigenvalue weighted by atomic mass is 32.2. The lowest BCUT2D eigenvalue weighted by Gasteiger charge is -2.39. The minimum Gasteiger partial charge on any atom is -0.370 e. The van der Waals surface area contributed by atoms with Crippen molar-refractivity contribution in [3.8, 4) is 0 Å². The molecule has 139 heavy (non-hydrogen) atoms. The molecule has 0 aliphatic carbocycles. The van der Waals surface area contributed by atoms with Crippen LogP contribution in [-0.4, -0.2) is 314 Å². The molecule has 51 heteroatoms. The molecule has 12 atom stereocenters. The van der Waals surface area contributed by atoms with Crippen molar-refractivity contribution in [1.82, 2.24) is 132 Å². The number of rotatable bonds is 57. The average molecular weight is 1970 g/mol. The zero-order chi connectivity index (χ0) is 102. The van der Waals surface area contributed by atoms with Crippen LogP contribution < -0.4 is 146 Å². The number of aromatic nitrogens is 3. The number of H-pyrrole nitrogens is 2. The fourth-order valence-electron chi connectivity index (χ4n) is 15.5. The first kappa shape index (κ1) is 115. The van der Waals surface area contributed by atoms with Crippen molar-refractivity contribution in [1.29, 1.82) is 0 Å². The molecule has 0 saturated carbocycles. The number of nitrogens with two attached hydrogens (primary N) is 5. The third-order valence-corrected chi connectivity index (χ3v) is 23.6. The molecule has 6 rings (SSSR count). The van der Waals surface area contributed by atoms with E-state index in [1.807, 2.05) is 20.1 Å². The smallest absolute Gasteiger partial charge is 0.243 e. The van der Waals surface area contributed by atoms with E-state index in [0.29, 0.717) is 93.4 Å². The number of carbonyl (C=O) groups excluding carboxylic acids is 20. The van der Waals surface area contributed by atoms with Gasteiger partial charge >= 0.3 is 0 Å². The first-order chi connectivity index (χ1) is 65.9. The van der Waals surface area contributed by atoms with E-state index in [1.54, 1.807) is 58.2 Å². The predicted octanol–water partition coefficient (Wildman–Crippen LogP) is -9.58. The molecular weight excluding hydrogens is 1830 g/mol. The summed E-state index contributed by atoms with van der Waals surface area (Å²) in [6, 6.07) is -10.4. The van der Waals surface area contributed by atoms with Crippen molar-refractivity contribution in [2.75, 3.05) is 97.1 Å². The number of imidazole rings is 1. The van der Waals surface area contributed by atoms with Crippen LogP contribution in [0.25, 0.3) is 10.9 Å². The number of hydrogen-bond acceptors (Lipinski definition) is 29. The molecule has 0 unspecified atom stereocenters. The number of thioether (sulfide) groups is 1. The molecule has 3 aliphatic rings. The first-order valence-corrected chi connectivity index (χ1v) is 48.4. The average Bonchev–Trinajstić information content (AvgIpc) is 1.71. The van der Waals surface area contributed by atoms with E-state index >= 15 is 0 Å². The summed E-state index contributed by atoms with van der Waals surface area (Å²) >= 11 is 1.43. The molecule has 5 heterocycles. The Balaban J connectivity index is 1.11. The van der Waals surface area contributed by atoms with Gasteiger partial charge in [0.25, 0.3) is 0 Å². The third-order valence-electron chi connectivity index (χ3n) is 23.0. The fraction of sp³-hybridized carbons (Fsp3) is 0.648. The van der Waals surface area contributed by atoms with E-state index in [4.69, 9.17) is 28.7 Å². The first-order valence-electron chi connectivity index (χ1n) is 47.0. The fourth-order valence-corrected chi connectivity index (χ4v) is 15.9. The Morgan fingerprint density at radius 2 is 0.986 bits per heavy atom. The van der Waals surface area contributed by atoms with E-state index in [9.17, 15) is 95.9 Å². The van der Waals surface area contributed by atoms with Crippen molar-refractivity contribution in [2.24, 2.45) is 46.4 Å². The van der Waals surface area contributed by atoms with Gasteiger partial charge in [-0.2, -0.15) is 11.8 Å². The van der Waals surface area contributed by atoms with Crippen molar-refractivity contribution in [3.63, 3.8) is 0 Å². The molecule has 3 aliphatic heterocycles. The number of nitrogens with one attached hydrogen (secondary N) is 24. The Labute approximate surface area is 810 Å². The maximum atomic E-state index is 14.7. The maximum absolute atomic E-state index is 14.7. The van der Waals surface area contributed by atoms with Crippen LogP contribution in [0.4, 0.5) is 0 Å². The summed E-state index contributed by atoms with van der Waals surface area (Å²) in [5.74, 6) is -17.9. The van der Waals surface area contributed by atoms with Gasteiger partial charge in [0.15, 0.2) is 0 Å². The van der Waals surface area contributed by atoms with Crippen LogP contribution in [0.2, 0.25) is 0 Å². The minimum atomic E-state index is -1.92. The van der Waals surface area contributed by atoms with Crippen molar-refractivity contribution in [2.45, 2.75) is 248 Å². The van der Waals surface area contributed by atoms with E-state index in [-0.39, 0.29) is 120 Å². The Bertz CT molecular complexity index is 4660. The molecular formula is C88H144N30O20S. The van der Waals surface area contributed by atoms with E-state index in [0.717, 1.165) is 0 Å². The number of fused-ring (bicyclic) bond motifs is 6. The highest BCUT2D eigenvalue weighted by molar-refractivity contribution is 7.98. The van der Waals surface area contributed by atoms with Crippen molar-refractivity contribution < 1.29 is 95.9 Å². The van der Waals surface area contributed by atoms with Crippen LogP contribution in [0.5, 0.6) is 0 Å². The number of para-hydroxylation sites is 1. The Kier molecular flexibility index (Phi) is 48.9. The third kappa shape index (κ3) is 42.0. The van der Waals surface area contributed by atoms with Gasteiger partial charge in [-0.05, 0) is 113 Å². The number of nitrogens with zero attached hydrogens (tertiary/aromatic N) is 1. The topological polar surface area (TPSA) is 781 Å². The number of benzene rings is 1. The van der Waals surface area contributed by atoms with Gasteiger partial charge in [0.2, 0.25) is 118 Å². The molecule has 2 aromatic heterocycles. The maximum Gasteiger partial charge on any atom is 0.243 e. The van der Waals surface area contributed by atoms with Crippen LogP contribution in [0, 0.1) is 17.8 Å². The second-order valence-corrected chi connectivity index (χ2v) is 37.2. The molecule has 1 aromatic carbocycles. The molecule has 3 fully saturated rings. The number of aromatic amines is 2. The summed E-state index contributed by atoms with van der Waals surface area (Å²) in [5.41, 5.74) is 28.7. The SMILES string of the molecule is CSCC[C@H](NC(=O)[C@H](CC(C)C)NC(=O)[C@H](Cc1c[nH]cn1)NC(=O)CNC(=O)[C@@H](NC(=O)[C@H](C)NC(=O)[C@H](Cc1c[nH]c2ccccc12)NC(=O)[C@H](CCC(N)=O)NC(=O)[C@H](CC(N)=O)NC(=O)CNC(=O)[C@H](CC(C)C)NC(=O)[C@H](CCCCNC(=O)CCCC(=O)NC12CNCCNCC(N)(CNCCNC1)NCCN2)NC(=O)[C@H](CCC(N)=O)NC(=O)[C@@H]1CCC(=O)N1)C(C)C)C(N)=O. The lowest BCUT2D eigenvalue weighted by molar-refractivity contribution is -0.136. The second-order valence-electron chi connectivity index (χ2n) is 36.2. The lowest BCUT2D eigenvalue weighted by atomic mass is 10.0. The summed E-state index contributed by atoms with van der Waals surface area (Å²) in [6.45, 7) is 15.0. The van der Waals surface area contributed by atoms with Gasteiger partial charge in [-0.15, -0.1) is 0 Å². The molecule has 50 nitrogen and oxygen atoms in total. The molecule has 0 spiro atoms. The van der Waals surface area contributed by atoms with E-state index < -0.39 is 235 Å². The zero-order valence-corrected chi connectivity index (χ0v) is 81.1. The van der Waals surface area contributed by atoms with Crippen LogP contribution in [0.3, 0.4) is 0 Å². The molecule has 3 aromatic rings. The number of amides is 20. The molecule has 2 bridgehead atoms. The van der Waals surface area contributed by atoms with Gasteiger partial charge in [0.1, 0.15) is 78.2 Å². The van der Waals surface area contributed by atoms with Crippen LogP contribution in [0.1, 0.15) is 162 Å². The molecule has 3 saturated heterocycles. The van der Waals surface area contributed by atoms with Gasteiger partial charge in [-0.25, -0.2) is 4.98 Å². The summed E-state index contributed by atoms with van der Waals surface area (Å²) in [5, 5.41) is 62.4. The Morgan fingerprint density at radius 3 is 1.55 bits per heavy atom. The zero-order valence-electron chi connectivity index (χ0n) is 80.2. The monoisotopic (exact) mass is 1970 g/mol. The second kappa shape index (κ2) is 59.0. The molecule has 34 N–H and O–H groups in total. The number of carbonyl (C=O) groups is 20. The lowest BCUT2D eigenvalue weighted by Crippen LogP contribution is -2.72. The van der Waals surface area contributed by atoms with Gasteiger partial charge in [-0.3, -0.25) is 107 Å². The Hall–Kier alpha value is -12.6. The van der Waals surface area contributed by atoms with E-state index in [1.165, 1.54) is 31.2 Å².